The number of Topliss-reactive ketones (excluding diaryl/α,β-unsaturated/α-hetero) is 1. The maximum absolute atomic E-state index is 11.8. The first-order chi connectivity index (χ1) is 7.67. The maximum atomic E-state index is 11.8. The lowest BCUT2D eigenvalue weighted by molar-refractivity contribution is -0.110. The molecular formula is C11H8ClNO3. The van der Waals surface area contributed by atoms with Crippen molar-refractivity contribution in [1.82, 2.24) is 0 Å². The summed E-state index contributed by atoms with van der Waals surface area (Å²) in [5, 5.41) is 0.407. The number of anilines is 1. The van der Waals surface area contributed by atoms with Gasteiger partial charge in [0.15, 0.2) is 5.78 Å². The second kappa shape index (κ2) is 4.06. The number of ketones is 1. The highest BCUT2D eigenvalue weighted by atomic mass is 35.5. The smallest absolute Gasteiger partial charge is 0.214 e. The van der Waals surface area contributed by atoms with Crippen LogP contribution in [0.2, 0.25) is 5.02 Å². The molecule has 4 nitrogen and oxygen atoms in total. The lowest BCUT2D eigenvalue weighted by atomic mass is 9.92. The van der Waals surface area contributed by atoms with Crippen molar-refractivity contribution < 1.29 is 14.4 Å². The summed E-state index contributed by atoms with van der Waals surface area (Å²) < 4.78 is 0. The first kappa shape index (κ1) is 10.8. The molecule has 0 aromatic heterocycles. The molecule has 0 fully saturated rings. The largest absolute Gasteiger partial charge is 0.313 e. The van der Waals surface area contributed by atoms with Gasteiger partial charge in [0.1, 0.15) is 6.29 Å². The molecule has 0 spiro atoms. The lowest BCUT2D eigenvalue weighted by Crippen LogP contribution is -2.39. The van der Waals surface area contributed by atoms with E-state index in [9.17, 15) is 14.4 Å². The summed E-state index contributed by atoms with van der Waals surface area (Å²) in [6.07, 6.45) is 1.17. The highest BCUT2D eigenvalue weighted by molar-refractivity contribution is 6.31. The van der Waals surface area contributed by atoms with Gasteiger partial charge < -0.3 is 9.69 Å². The average Bonchev–Trinajstić information content (AvgIpc) is 2.30. The quantitative estimate of drug-likeness (QED) is 0.576. The summed E-state index contributed by atoms with van der Waals surface area (Å²) in [6.45, 7) is 0.0977. The normalized spacial score (nSPS) is 19.2. The van der Waals surface area contributed by atoms with Crippen LogP contribution in [0.15, 0.2) is 18.2 Å². The molecule has 0 saturated heterocycles. The molecule has 1 amide bonds. The number of halogens is 1. The molecule has 1 aromatic rings. The fraction of sp³-hybridized carbons (Fsp3) is 0.182. The van der Waals surface area contributed by atoms with Crippen LogP contribution in [0.25, 0.3) is 0 Å². The summed E-state index contributed by atoms with van der Waals surface area (Å²) in [7, 11) is 0. The van der Waals surface area contributed by atoms with Gasteiger partial charge in [0.05, 0.1) is 11.6 Å². The van der Waals surface area contributed by atoms with Crippen LogP contribution >= 0.6 is 11.6 Å². The monoisotopic (exact) mass is 237 g/mol. The molecule has 16 heavy (non-hydrogen) atoms. The van der Waals surface area contributed by atoms with Crippen molar-refractivity contribution >= 4 is 35.8 Å². The molecule has 5 heteroatoms. The summed E-state index contributed by atoms with van der Waals surface area (Å²) in [5.41, 5.74) is 0.824. The standard InChI is InChI=1S/C11H8ClNO3/c12-8-1-2-10-9(3-8)11(16)7(5-14)4-13(10)6-15/h1-3,5-7H,4H2. The molecule has 0 saturated carbocycles. The van der Waals surface area contributed by atoms with Gasteiger partial charge in [-0.05, 0) is 18.2 Å². The van der Waals surface area contributed by atoms with E-state index in [1.807, 2.05) is 0 Å². The van der Waals surface area contributed by atoms with Gasteiger partial charge in [-0.3, -0.25) is 9.59 Å². The van der Waals surface area contributed by atoms with Crippen molar-refractivity contribution in [2.45, 2.75) is 0 Å². The molecule has 2 rings (SSSR count). The number of carbonyl (C=O) groups excluding carboxylic acids is 3. The van der Waals surface area contributed by atoms with Gasteiger partial charge >= 0.3 is 0 Å². The minimum Gasteiger partial charge on any atom is -0.313 e. The van der Waals surface area contributed by atoms with Gasteiger partial charge in [-0.2, -0.15) is 0 Å². The van der Waals surface area contributed by atoms with Crippen molar-refractivity contribution in [3.63, 3.8) is 0 Å². The van der Waals surface area contributed by atoms with E-state index >= 15 is 0 Å². The number of aldehydes is 1. The Balaban J connectivity index is 2.57. The predicted octanol–water partition coefficient (Wildman–Crippen LogP) is 1.31. The van der Waals surface area contributed by atoms with Crippen molar-refractivity contribution in [2.75, 3.05) is 11.4 Å². The number of rotatable bonds is 2. The number of amides is 1. The van der Waals surface area contributed by atoms with Crippen LogP contribution in [-0.2, 0) is 9.59 Å². The molecule has 1 aliphatic heterocycles. The SMILES string of the molecule is O=CC1CN(C=O)c2ccc(Cl)cc2C1=O. The number of hydrogen-bond acceptors (Lipinski definition) is 3. The molecule has 0 bridgehead atoms. The Hall–Kier alpha value is -1.68. The summed E-state index contributed by atoms with van der Waals surface area (Å²) in [4.78, 5) is 34.7. The molecule has 0 radical (unpaired) electrons. The van der Waals surface area contributed by atoms with Crippen LogP contribution in [0.3, 0.4) is 0 Å². The van der Waals surface area contributed by atoms with Gasteiger partial charge in [-0.1, -0.05) is 11.6 Å². The Kier molecular flexibility index (Phi) is 2.75. The average molecular weight is 238 g/mol. The minimum atomic E-state index is -0.795. The van der Waals surface area contributed by atoms with Gasteiger partial charge in [0, 0.05) is 17.1 Å². The number of fused-ring (bicyclic) bond motifs is 1. The van der Waals surface area contributed by atoms with Gasteiger partial charge in [0.2, 0.25) is 6.41 Å². The van der Waals surface area contributed by atoms with E-state index in [1.54, 1.807) is 12.1 Å². The second-order valence-electron chi connectivity index (χ2n) is 3.53. The van der Waals surface area contributed by atoms with Crippen LogP contribution < -0.4 is 4.90 Å². The minimum absolute atomic E-state index is 0.0977. The summed E-state index contributed by atoms with van der Waals surface area (Å²) in [6, 6.07) is 4.68. The lowest BCUT2D eigenvalue weighted by Gasteiger charge is -2.28. The second-order valence-corrected chi connectivity index (χ2v) is 3.96. The molecule has 0 aliphatic carbocycles. The summed E-state index contributed by atoms with van der Waals surface area (Å²) >= 11 is 5.78. The Morgan fingerprint density at radius 2 is 2.12 bits per heavy atom. The molecule has 0 N–H and O–H groups in total. The van der Waals surface area contributed by atoms with Gasteiger partial charge in [0.25, 0.3) is 0 Å². The van der Waals surface area contributed by atoms with E-state index in [-0.39, 0.29) is 12.3 Å². The van der Waals surface area contributed by atoms with Crippen LogP contribution in [0, 0.1) is 5.92 Å². The highest BCUT2D eigenvalue weighted by Crippen LogP contribution is 2.30. The zero-order chi connectivity index (χ0) is 11.7. The highest BCUT2D eigenvalue weighted by Gasteiger charge is 2.31. The summed E-state index contributed by atoms with van der Waals surface area (Å²) in [5.74, 6) is -1.08. The van der Waals surface area contributed by atoms with Crippen LogP contribution in [-0.4, -0.2) is 25.0 Å². The van der Waals surface area contributed by atoms with E-state index in [0.29, 0.717) is 29.0 Å². The number of nitrogens with zero attached hydrogens (tertiary/aromatic N) is 1. The molecule has 1 aromatic carbocycles. The Labute approximate surface area is 96.8 Å². The molecule has 1 heterocycles. The third-order valence-corrected chi connectivity index (χ3v) is 2.79. The number of carbonyl (C=O) groups is 3. The van der Waals surface area contributed by atoms with E-state index < -0.39 is 5.92 Å². The van der Waals surface area contributed by atoms with Crippen LogP contribution in [0.5, 0.6) is 0 Å². The van der Waals surface area contributed by atoms with E-state index in [4.69, 9.17) is 11.6 Å². The molecular weight excluding hydrogens is 230 g/mol. The van der Waals surface area contributed by atoms with Crippen LogP contribution in [0.4, 0.5) is 5.69 Å². The Morgan fingerprint density at radius 3 is 2.75 bits per heavy atom. The van der Waals surface area contributed by atoms with E-state index in [0.717, 1.165) is 0 Å². The maximum Gasteiger partial charge on any atom is 0.214 e. The first-order valence-corrected chi connectivity index (χ1v) is 5.06. The van der Waals surface area contributed by atoms with Gasteiger partial charge in [-0.25, -0.2) is 0 Å². The zero-order valence-corrected chi connectivity index (χ0v) is 8.98. The van der Waals surface area contributed by atoms with E-state index in [1.165, 1.54) is 11.0 Å². The Bertz CT molecular complexity index is 472. The van der Waals surface area contributed by atoms with Crippen molar-refractivity contribution in [2.24, 2.45) is 5.92 Å². The van der Waals surface area contributed by atoms with Crippen molar-refractivity contribution in [3.05, 3.63) is 28.8 Å². The third-order valence-electron chi connectivity index (χ3n) is 2.56. The number of hydrogen-bond donors (Lipinski definition) is 0. The fourth-order valence-corrected chi connectivity index (χ4v) is 1.93. The zero-order valence-electron chi connectivity index (χ0n) is 8.22. The first-order valence-electron chi connectivity index (χ1n) is 4.68. The van der Waals surface area contributed by atoms with Crippen LogP contribution in [0.1, 0.15) is 10.4 Å². The third kappa shape index (κ3) is 1.61. The van der Waals surface area contributed by atoms with E-state index in [2.05, 4.69) is 0 Å². The topological polar surface area (TPSA) is 54.5 Å². The predicted molar refractivity (Wildman–Crippen MR) is 58.7 cm³/mol. The van der Waals surface area contributed by atoms with Crippen molar-refractivity contribution in [1.29, 1.82) is 0 Å². The molecule has 1 unspecified atom stereocenters. The molecule has 1 aliphatic rings. The molecule has 1 atom stereocenters. The Morgan fingerprint density at radius 1 is 1.38 bits per heavy atom. The number of benzene rings is 1. The fourth-order valence-electron chi connectivity index (χ4n) is 1.75. The molecule has 82 valence electrons. The van der Waals surface area contributed by atoms with Crippen molar-refractivity contribution in [3.8, 4) is 0 Å². The van der Waals surface area contributed by atoms with Gasteiger partial charge in [-0.15, -0.1) is 0 Å².